The Labute approximate surface area is 156 Å². The number of anilines is 1. The fourth-order valence-electron chi connectivity index (χ4n) is 2.30. The third kappa shape index (κ3) is 3.91. The standard InChI is InChI=1S/C16H13BrN6O3/c1-10-13(3-2-4-14(10)23(25)26)18-15(24)9-22-20-16(19-21-22)11-5-7-12(17)8-6-11/h2-8H,9H2,1H3,(H,18,24). The van der Waals surface area contributed by atoms with E-state index in [2.05, 4.69) is 36.7 Å². The molecule has 0 saturated heterocycles. The number of hydrogen-bond acceptors (Lipinski definition) is 6. The highest BCUT2D eigenvalue weighted by molar-refractivity contribution is 9.10. The number of nitro groups is 1. The van der Waals surface area contributed by atoms with Gasteiger partial charge in [0.15, 0.2) is 0 Å². The Morgan fingerprint density at radius 1 is 1.27 bits per heavy atom. The van der Waals surface area contributed by atoms with Crippen LogP contribution < -0.4 is 5.32 Å². The second-order valence-electron chi connectivity index (χ2n) is 5.41. The van der Waals surface area contributed by atoms with Gasteiger partial charge in [-0.05, 0) is 42.5 Å². The van der Waals surface area contributed by atoms with Crippen molar-refractivity contribution in [1.82, 2.24) is 20.2 Å². The van der Waals surface area contributed by atoms with Crippen molar-refractivity contribution in [3.05, 3.63) is 62.6 Å². The molecule has 0 atom stereocenters. The minimum Gasteiger partial charge on any atom is -0.324 e. The van der Waals surface area contributed by atoms with E-state index in [9.17, 15) is 14.9 Å². The van der Waals surface area contributed by atoms with E-state index in [0.717, 1.165) is 10.0 Å². The van der Waals surface area contributed by atoms with Gasteiger partial charge in [0.1, 0.15) is 6.54 Å². The van der Waals surface area contributed by atoms with Gasteiger partial charge in [0.2, 0.25) is 11.7 Å². The van der Waals surface area contributed by atoms with E-state index in [-0.39, 0.29) is 12.2 Å². The van der Waals surface area contributed by atoms with E-state index in [1.54, 1.807) is 13.0 Å². The van der Waals surface area contributed by atoms with Crippen molar-refractivity contribution in [2.45, 2.75) is 13.5 Å². The van der Waals surface area contributed by atoms with E-state index in [1.807, 2.05) is 24.3 Å². The number of hydrogen-bond donors (Lipinski definition) is 1. The third-order valence-electron chi connectivity index (χ3n) is 3.62. The molecule has 0 saturated carbocycles. The zero-order chi connectivity index (χ0) is 18.7. The molecule has 1 heterocycles. The Bertz CT molecular complexity index is 970. The highest BCUT2D eigenvalue weighted by atomic mass is 79.9. The van der Waals surface area contributed by atoms with Crippen LogP contribution in [0.15, 0.2) is 46.9 Å². The Morgan fingerprint density at radius 2 is 2.00 bits per heavy atom. The van der Waals surface area contributed by atoms with Crippen LogP contribution in [-0.2, 0) is 11.3 Å². The highest BCUT2D eigenvalue weighted by Gasteiger charge is 2.15. The predicted molar refractivity (Wildman–Crippen MR) is 97.4 cm³/mol. The summed E-state index contributed by atoms with van der Waals surface area (Å²) in [6, 6.07) is 11.9. The summed E-state index contributed by atoms with van der Waals surface area (Å²) >= 11 is 3.35. The second-order valence-corrected chi connectivity index (χ2v) is 6.32. The third-order valence-corrected chi connectivity index (χ3v) is 4.14. The lowest BCUT2D eigenvalue weighted by Crippen LogP contribution is -2.21. The van der Waals surface area contributed by atoms with Crippen molar-refractivity contribution >= 4 is 33.2 Å². The smallest absolute Gasteiger partial charge is 0.274 e. The molecule has 3 aromatic rings. The van der Waals surface area contributed by atoms with Gasteiger partial charge in [0.05, 0.1) is 16.2 Å². The zero-order valence-corrected chi connectivity index (χ0v) is 15.2. The van der Waals surface area contributed by atoms with Gasteiger partial charge in [0.25, 0.3) is 5.69 Å². The summed E-state index contributed by atoms with van der Waals surface area (Å²) < 4.78 is 0.931. The van der Waals surface area contributed by atoms with E-state index < -0.39 is 10.8 Å². The van der Waals surface area contributed by atoms with Crippen LogP contribution in [0.1, 0.15) is 5.56 Å². The number of halogens is 1. The number of nitrogens with one attached hydrogen (secondary N) is 1. The van der Waals surface area contributed by atoms with Crippen LogP contribution in [0.3, 0.4) is 0 Å². The molecule has 0 bridgehead atoms. The van der Waals surface area contributed by atoms with Gasteiger partial charge in [-0.15, -0.1) is 10.2 Å². The molecule has 0 aliphatic rings. The van der Waals surface area contributed by atoms with Crippen LogP contribution in [0.25, 0.3) is 11.4 Å². The van der Waals surface area contributed by atoms with Crippen molar-refractivity contribution in [3.8, 4) is 11.4 Å². The molecule has 0 spiro atoms. The first-order valence-electron chi connectivity index (χ1n) is 7.51. The van der Waals surface area contributed by atoms with Gasteiger partial charge in [-0.2, -0.15) is 4.80 Å². The molecule has 1 aromatic heterocycles. The number of nitro benzene ring substituents is 1. The van der Waals surface area contributed by atoms with Gasteiger partial charge >= 0.3 is 0 Å². The van der Waals surface area contributed by atoms with Crippen LogP contribution in [0, 0.1) is 17.0 Å². The number of tetrazole rings is 1. The van der Waals surface area contributed by atoms with E-state index in [1.165, 1.54) is 16.9 Å². The topological polar surface area (TPSA) is 116 Å². The predicted octanol–water partition coefficient (Wildman–Crippen LogP) is 2.96. The first-order chi connectivity index (χ1) is 12.4. The molecule has 3 rings (SSSR count). The Balaban J connectivity index is 1.70. The average molecular weight is 417 g/mol. The SMILES string of the molecule is Cc1c(NC(=O)Cn2nnc(-c3ccc(Br)cc3)n2)cccc1[N+](=O)[O-]. The minimum absolute atomic E-state index is 0.0563. The lowest BCUT2D eigenvalue weighted by molar-refractivity contribution is -0.385. The highest BCUT2D eigenvalue weighted by Crippen LogP contribution is 2.25. The van der Waals surface area contributed by atoms with Crippen LogP contribution in [0.2, 0.25) is 0 Å². The molecule has 1 N–H and O–H groups in total. The fraction of sp³-hybridized carbons (Fsp3) is 0.125. The summed E-state index contributed by atoms with van der Waals surface area (Å²) in [6.07, 6.45) is 0. The molecule has 2 aromatic carbocycles. The average Bonchev–Trinajstić information content (AvgIpc) is 3.05. The molecular weight excluding hydrogens is 404 g/mol. The van der Waals surface area contributed by atoms with Crippen molar-refractivity contribution in [3.63, 3.8) is 0 Å². The van der Waals surface area contributed by atoms with Crippen molar-refractivity contribution < 1.29 is 9.72 Å². The summed E-state index contributed by atoms with van der Waals surface area (Å²) in [5, 5.41) is 25.6. The number of amides is 1. The summed E-state index contributed by atoms with van der Waals surface area (Å²) in [6.45, 7) is 1.42. The van der Waals surface area contributed by atoms with Crippen molar-refractivity contribution in [2.24, 2.45) is 0 Å². The molecule has 9 nitrogen and oxygen atoms in total. The van der Waals surface area contributed by atoms with Gasteiger partial charge in [0, 0.05) is 16.1 Å². The van der Waals surface area contributed by atoms with Gasteiger partial charge in [-0.3, -0.25) is 14.9 Å². The molecule has 1 amide bonds. The van der Waals surface area contributed by atoms with Gasteiger partial charge in [-0.25, -0.2) is 0 Å². The number of carbonyl (C=O) groups is 1. The van der Waals surface area contributed by atoms with Crippen LogP contribution in [-0.4, -0.2) is 31.0 Å². The zero-order valence-electron chi connectivity index (χ0n) is 13.6. The fourth-order valence-corrected chi connectivity index (χ4v) is 2.56. The molecular formula is C16H13BrN6O3. The summed E-state index contributed by atoms with van der Waals surface area (Å²) in [4.78, 5) is 23.8. The van der Waals surface area contributed by atoms with Gasteiger partial charge < -0.3 is 5.32 Å². The largest absolute Gasteiger partial charge is 0.324 e. The molecule has 0 fully saturated rings. The number of nitrogens with zero attached hydrogens (tertiary/aromatic N) is 5. The molecule has 26 heavy (non-hydrogen) atoms. The Morgan fingerprint density at radius 3 is 2.69 bits per heavy atom. The van der Waals surface area contributed by atoms with Crippen LogP contribution >= 0.6 is 15.9 Å². The normalized spacial score (nSPS) is 10.5. The molecule has 0 unspecified atom stereocenters. The molecule has 132 valence electrons. The maximum absolute atomic E-state index is 12.2. The first kappa shape index (κ1) is 17.7. The quantitative estimate of drug-likeness (QED) is 0.504. The summed E-state index contributed by atoms with van der Waals surface area (Å²) in [5.41, 5.74) is 1.47. The van der Waals surface area contributed by atoms with Crippen molar-refractivity contribution in [1.29, 1.82) is 0 Å². The second kappa shape index (κ2) is 7.40. The molecule has 0 radical (unpaired) electrons. The molecule has 0 aliphatic carbocycles. The van der Waals surface area contributed by atoms with Gasteiger partial charge in [-0.1, -0.05) is 22.0 Å². The minimum atomic E-state index is -0.492. The maximum Gasteiger partial charge on any atom is 0.274 e. The molecule has 0 aliphatic heterocycles. The summed E-state index contributed by atoms with van der Waals surface area (Å²) in [5.74, 6) is -0.00909. The Kier molecular flexibility index (Phi) is 5.03. The maximum atomic E-state index is 12.2. The lowest BCUT2D eigenvalue weighted by Gasteiger charge is -2.07. The summed E-state index contributed by atoms with van der Waals surface area (Å²) in [7, 11) is 0. The monoisotopic (exact) mass is 416 g/mol. The number of carbonyl (C=O) groups excluding carboxylic acids is 1. The first-order valence-corrected chi connectivity index (χ1v) is 8.31. The van der Waals surface area contributed by atoms with E-state index in [0.29, 0.717) is 17.1 Å². The molecule has 10 heteroatoms. The van der Waals surface area contributed by atoms with Crippen LogP contribution in [0.4, 0.5) is 11.4 Å². The Hall–Kier alpha value is -3.14. The van der Waals surface area contributed by atoms with Crippen molar-refractivity contribution in [2.75, 3.05) is 5.32 Å². The van der Waals surface area contributed by atoms with E-state index in [4.69, 9.17) is 0 Å². The number of benzene rings is 2. The van der Waals surface area contributed by atoms with Crippen LogP contribution in [0.5, 0.6) is 0 Å². The lowest BCUT2D eigenvalue weighted by atomic mass is 10.1. The number of rotatable bonds is 5. The number of aromatic nitrogens is 4. The van der Waals surface area contributed by atoms with E-state index >= 15 is 0 Å².